The highest BCUT2D eigenvalue weighted by atomic mass is 32.1. The van der Waals surface area contributed by atoms with E-state index in [4.69, 9.17) is 5.11 Å². The first kappa shape index (κ1) is 13.2. The van der Waals surface area contributed by atoms with Gasteiger partial charge >= 0.3 is 5.97 Å². The van der Waals surface area contributed by atoms with Crippen molar-refractivity contribution in [1.29, 1.82) is 0 Å². The average molecular weight is 241 g/mol. The van der Waals surface area contributed by atoms with Crippen LogP contribution in [0.15, 0.2) is 0 Å². The second-order valence-corrected chi connectivity index (χ2v) is 5.56. The third kappa shape index (κ3) is 3.93. The number of aromatic nitrogens is 1. The van der Waals surface area contributed by atoms with Crippen LogP contribution in [0.25, 0.3) is 0 Å². The molecule has 0 fully saturated rings. The van der Waals surface area contributed by atoms with Crippen molar-refractivity contribution in [2.45, 2.75) is 46.5 Å². The SMILES string of the molecule is CCCc1nc(CC(C)C)sc1CC(=O)O. The van der Waals surface area contributed by atoms with Gasteiger partial charge in [-0.3, -0.25) is 4.79 Å². The van der Waals surface area contributed by atoms with Gasteiger partial charge in [-0.25, -0.2) is 4.98 Å². The maximum absolute atomic E-state index is 10.7. The zero-order valence-electron chi connectivity index (χ0n) is 10.1. The lowest BCUT2D eigenvalue weighted by molar-refractivity contribution is -0.136. The Morgan fingerprint density at radius 1 is 1.50 bits per heavy atom. The van der Waals surface area contributed by atoms with Crippen LogP contribution in [-0.2, 0) is 24.1 Å². The first-order valence-corrected chi connectivity index (χ1v) is 6.53. The Morgan fingerprint density at radius 2 is 2.19 bits per heavy atom. The molecule has 1 aromatic heterocycles. The highest BCUT2D eigenvalue weighted by Gasteiger charge is 2.13. The van der Waals surface area contributed by atoms with Crippen LogP contribution >= 0.6 is 11.3 Å². The normalized spacial score (nSPS) is 11.0. The Hall–Kier alpha value is -0.900. The summed E-state index contributed by atoms with van der Waals surface area (Å²) in [5.74, 6) is -0.199. The largest absolute Gasteiger partial charge is 0.481 e. The predicted octanol–water partition coefficient (Wildman–Crippen LogP) is 2.92. The number of thiazole rings is 1. The Balaban J connectivity index is 2.85. The van der Waals surface area contributed by atoms with Crippen molar-refractivity contribution in [1.82, 2.24) is 4.98 Å². The van der Waals surface area contributed by atoms with Crippen LogP contribution in [0.3, 0.4) is 0 Å². The zero-order chi connectivity index (χ0) is 12.1. The fraction of sp³-hybridized carbons (Fsp3) is 0.667. The summed E-state index contributed by atoms with van der Waals surface area (Å²) in [5.41, 5.74) is 0.991. The lowest BCUT2D eigenvalue weighted by Crippen LogP contribution is -2.01. The molecule has 1 heterocycles. The number of nitrogens with zero attached hydrogens (tertiary/aromatic N) is 1. The minimum Gasteiger partial charge on any atom is -0.481 e. The quantitative estimate of drug-likeness (QED) is 0.833. The highest BCUT2D eigenvalue weighted by molar-refractivity contribution is 7.11. The molecule has 0 aromatic carbocycles. The molecule has 0 bridgehead atoms. The number of rotatable bonds is 6. The van der Waals surface area contributed by atoms with Crippen molar-refractivity contribution in [3.05, 3.63) is 15.6 Å². The van der Waals surface area contributed by atoms with Crippen molar-refractivity contribution in [3.63, 3.8) is 0 Å². The second-order valence-electron chi connectivity index (χ2n) is 4.40. The van der Waals surface area contributed by atoms with Gasteiger partial charge in [-0.2, -0.15) is 0 Å². The molecule has 0 aliphatic rings. The number of hydrogen-bond donors (Lipinski definition) is 1. The summed E-state index contributed by atoms with van der Waals surface area (Å²) >= 11 is 1.56. The molecule has 0 unspecified atom stereocenters. The third-order valence-corrected chi connectivity index (χ3v) is 3.32. The van der Waals surface area contributed by atoms with Gasteiger partial charge in [0.25, 0.3) is 0 Å². The molecule has 1 N–H and O–H groups in total. The van der Waals surface area contributed by atoms with E-state index in [1.807, 2.05) is 0 Å². The minimum absolute atomic E-state index is 0.116. The van der Waals surface area contributed by atoms with Crippen LogP contribution in [0.2, 0.25) is 0 Å². The summed E-state index contributed by atoms with van der Waals surface area (Å²) in [6.07, 6.45) is 2.96. The molecule has 0 radical (unpaired) electrons. The van der Waals surface area contributed by atoms with Crippen LogP contribution in [-0.4, -0.2) is 16.1 Å². The fourth-order valence-corrected chi connectivity index (χ4v) is 2.90. The third-order valence-electron chi connectivity index (χ3n) is 2.20. The lowest BCUT2D eigenvalue weighted by atomic mass is 10.1. The molecular formula is C12H19NO2S. The summed E-state index contributed by atoms with van der Waals surface area (Å²) in [4.78, 5) is 16.2. The van der Waals surface area contributed by atoms with E-state index in [1.165, 1.54) is 0 Å². The molecule has 4 heteroatoms. The number of hydrogen-bond acceptors (Lipinski definition) is 3. The maximum atomic E-state index is 10.7. The molecule has 0 spiro atoms. The molecule has 0 saturated heterocycles. The zero-order valence-corrected chi connectivity index (χ0v) is 10.9. The standard InChI is InChI=1S/C12H19NO2S/c1-4-5-9-10(7-12(14)15)16-11(13-9)6-8(2)3/h8H,4-7H2,1-3H3,(H,14,15). The first-order chi connectivity index (χ1) is 7.52. The first-order valence-electron chi connectivity index (χ1n) is 5.72. The number of carboxylic acids is 1. The summed E-state index contributed by atoms with van der Waals surface area (Å²) in [7, 11) is 0. The van der Waals surface area contributed by atoms with Crippen LogP contribution in [0.1, 0.15) is 42.8 Å². The summed E-state index contributed by atoms with van der Waals surface area (Å²) < 4.78 is 0. The van der Waals surface area contributed by atoms with Gasteiger partial charge in [-0.05, 0) is 12.3 Å². The van der Waals surface area contributed by atoms with Gasteiger partial charge in [-0.15, -0.1) is 11.3 Å². The lowest BCUT2D eigenvalue weighted by Gasteiger charge is -1.98. The molecule has 0 saturated carbocycles. The smallest absolute Gasteiger partial charge is 0.308 e. The van der Waals surface area contributed by atoms with Gasteiger partial charge in [-0.1, -0.05) is 27.2 Å². The molecule has 16 heavy (non-hydrogen) atoms. The van der Waals surface area contributed by atoms with Crippen molar-refractivity contribution >= 4 is 17.3 Å². The average Bonchev–Trinajstić information content (AvgIpc) is 2.46. The van der Waals surface area contributed by atoms with E-state index in [0.29, 0.717) is 5.92 Å². The van der Waals surface area contributed by atoms with Crippen molar-refractivity contribution in [3.8, 4) is 0 Å². The molecule has 3 nitrogen and oxygen atoms in total. The van der Waals surface area contributed by atoms with Crippen LogP contribution in [0, 0.1) is 5.92 Å². The van der Waals surface area contributed by atoms with E-state index in [0.717, 1.165) is 34.8 Å². The van der Waals surface area contributed by atoms with E-state index >= 15 is 0 Å². The molecule has 1 rings (SSSR count). The molecule has 0 aliphatic heterocycles. The van der Waals surface area contributed by atoms with Crippen LogP contribution in [0.5, 0.6) is 0 Å². The Morgan fingerprint density at radius 3 is 2.69 bits per heavy atom. The Labute approximate surface area is 101 Å². The van der Waals surface area contributed by atoms with Gasteiger partial charge < -0.3 is 5.11 Å². The summed E-state index contributed by atoms with van der Waals surface area (Å²) in [6.45, 7) is 6.39. The van der Waals surface area contributed by atoms with Gasteiger partial charge in [0.1, 0.15) is 0 Å². The topological polar surface area (TPSA) is 50.2 Å². The molecule has 0 atom stereocenters. The monoisotopic (exact) mass is 241 g/mol. The van der Waals surface area contributed by atoms with Crippen molar-refractivity contribution in [2.75, 3.05) is 0 Å². The van der Waals surface area contributed by atoms with E-state index in [-0.39, 0.29) is 6.42 Å². The maximum Gasteiger partial charge on any atom is 0.308 e. The fourth-order valence-electron chi connectivity index (χ4n) is 1.58. The predicted molar refractivity (Wildman–Crippen MR) is 66.0 cm³/mol. The van der Waals surface area contributed by atoms with E-state index in [2.05, 4.69) is 25.8 Å². The van der Waals surface area contributed by atoms with Gasteiger partial charge in [0.15, 0.2) is 0 Å². The van der Waals surface area contributed by atoms with E-state index in [9.17, 15) is 4.79 Å². The molecule has 1 aromatic rings. The second kappa shape index (κ2) is 5.99. The Bertz CT molecular complexity index is 358. The van der Waals surface area contributed by atoms with Crippen LogP contribution < -0.4 is 0 Å². The number of aryl methyl sites for hydroxylation is 1. The van der Waals surface area contributed by atoms with E-state index in [1.54, 1.807) is 11.3 Å². The van der Waals surface area contributed by atoms with Gasteiger partial charge in [0.05, 0.1) is 17.1 Å². The molecule has 0 amide bonds. The van der Waals surface area contributed by atoms with E-state index < -0.39 is 5.97 Å². The number of carboxylic acid groups (broad SMARTS) is 1. The highest BCUT2D eigenvalue weighted by Crippen LogP contribution is 2.23. The van der Waals surface area contributed by atoms with Gasteiger partial charge in [0.2, 0.25) is 0 Å². The molecular weight excluding hydrogens is 222 g/mol. The molecule has 0 aliphatic carbocycles. The van der Waals surface area contributed by atoms with Crippen molar-refractivity contribution < 1.29 is 9.90 Å². The van der Waals surface area contributed by atoms with Gasteiger partial charge in [0, 0.05) is 11.3 Å². The van der Waals surface area contributed by atoms with Crippen molar-refractivity contribution in [2.24, 2.45) is 5.92 Å². The van der Waals surface area contributed by atoms with Crippen LogP contribution in [0.4, 0.5) is 0 Å². The number of carbonyl (C=O) groups is 1. The number of aliphatic carboxylic acids is 1. The summed E-state index contributed by atoms with van der Waals surface area (Å²) in [6, 6.07) is 0. The summed E-state index contributed by atoms with van der Waals surface area (Å²) in [5, 5.41) is 9.91. The molecule has 90 valence electrons. The Kier molecular flexibility index (Phi) is 4.93. The minimum atomic E-state index is -0.767.